The fourth-order valence-corrected chi connectivity index (χ4v) is 5.03. The smallest absolute Gasteiger partial charge is 0.419 e. The third-order valence-corrected chi connectivity index (χ3v) is 6.60. The Morgan fingerprint density at radius 1 is 1.26 bits per heavy atom. The molecule has 1 aliphatic rings. The molecule has 2 aromatic carbocycles. The third kappa shape index (κ3) is 3.66. The molecular weight excluding hydrogens is 450 g/mol. The molecule has 9 heteroatoms. The number of anilines is 1. The molecule has 0 spiro atoms. The fourth-order valence-electron chi connectivity index (χ4n) is 5.03. The lowest BCUT2D eigenvalue weighted by molar-refractivity contribution is -0.276. The number of hydrogen-bond donors (Lipinski definition) is 2. The molecule has 1 heterocycles. The molecule has 0 saturated heterocycles. The Morgan fingerprint density at radius 2 is 1.97 bits per heavy atom. The minimum Gasteiger partial charge on any atom is -0.493 e. The van der Waals surface area contributed by atoms with Crippen LogP contribution in [0.25, 0.3) is 10.9 Å². The van der Waals surface area contributed by atoms with Crippen LogP contribution in [0.15, 0.2) is 30.5 Å². The highest BCUT2D eigenvalue weighted by atomic mass is 19.4. The van der Waals surface area contributed by atoms with Crippen LogP contribution in [0.2, 0.25) is 0 Å². The molecule has 1 aliphatic carbocycles. The van der Waals surface area contributed by atoms with Gasteiger partial charge in [-0.05, 0) is 42.0 Å². The van der Waals surface area contributed by atoms with Gasteiger partial charge in [0.25, 0.3) is 0 Å². The lowest BCUT2D eigenvalue weighted by Crippen LogP contribution is -2.58. The molecule has 0 radical (unpaired) electrons. The van der Waals surface area contributed by atoms with Crippen molar-refractivity contribution < 1.29 is 27.4 Å². The van der Waals surface area contributed by atoms with Crippen molar-refractivity contribution in [1.29, 1.82) is 0 Å². The maximum absolute atomic E-state index is 14.9. The topological polar surface area (TPSA) is 67.3 Å². The Kier molecular flexibility index (Phi) is 5.75. The number of rotatable bonds is 4. The van der Waals surface area contributed by atoms with Gasteiger partial charge in [0.1, 0.15) is 5.82 Å². The summed E-state index contributed by atoms with van der Waals surface area (Å²) in [5, 5.41) is 14.7. The highest BCUT2D eigenvalue weighted by molar-refractivity contribution is 5.91. The minimum atomic E-state index is -4.97. The predicted molar refractivity (Wildman–Crippen MR) is 122 cm³/mol. The first kappa shape index (κ1) is 24.2. The molecule has 3 aromatic rings. The molecule has 5 nitrogen and oxygen atoms in total. The first-order chi connectivity index (χ1) is 15.8. The number of methoxy groups -OCH3 is 1. The number of hydrogen-bond acceptors (Lipinski definition) is 5. The Bertz CT molecular complexity index is 1260. The van der Waals surface area contributed by atoms with E-state index in [0.29, 0.717) is 34.4 Å². The SMILES string of the molecule is CCc1ncc2c(NC3c4cc(C)c(F)c(OC)c4C(C)(C)CC3(O)C(F)(F)F)cccc2n1. The number of benzene rings is 2. The molecule has 0 aliphatic heterocycles. The number of nitrogens with one attached hydrogen (secondary N) is 1. The predicted octanol–water partition coefficient (Wildman–Crippen LogP) is 5.78. The number of halogens is 4. The number of ether oxygens (including phenoxy) is 1. The van der Waals surface area contributed by atoms with E-state index in [9.17, 15) is 22.7 Å². The summed E-state index contributed by atoms with van der Waals surface area (Å²) in [7, 11) is 1.29. The molecule has 182 valence electrons. The van der Waals surface area contributed by atoms with Crippen LogP contribution < -0.4 is 10.1 Å². The largest absolute Gasteiger partial charge is 0.493 e. The molecule has 2 N–H and O–H groups in total. The second-order valence-corrected chi connectivity index (χ2v) is 9.44. The summed E-state index contributed by atoms with van der Waals surface area (Å²) in [6.45, 7) is 6.46. The van der Waals surface area contributed by atoms with Gasteiger partial charge < -0.3 is 15.2 Å². The standard InChI is InChI=1S/C25H27F4N3O2/c1-6-18-30-11-15-16(31-18)8-7-9-17(15)32-22-14-10-13(2)20(26)21(34-5)19(14)23(3,4)12-24(22,33)25(27,28)29/h7-11,22,32-33H,6,12H2,1-5H3. The minimum absolute atomic E-state index is 0.107. The Morgan fingerprint density at radius 3 is 2.59 bits per heavy atom. The van der Waals surface area contributed by atoms with Gasteiger partial charge in [0.05, 0.1) is 18.7 Å². The monoisotopic (exact) mass is 477 g/mol. The molecule has 34 heavy (non-hydrogen) atoms. The summed E-state index contributed by atoms with van der Waals surface area (Å²) < 4.78 is 63.7. The average Bonchev–Trinajstić information content (AvgIpc) is 2.76. The molecule has 0 saturated carbocycles. The van der Waals surface area contributed by atoms with Gasteiger partial charge in [-0.25, -0.2) is 14.4 Å². The van der Waals surface area contributed by atoms with Gasteiger partial charge in [0.2, 0.25) is 0 Å². The lowest BCUT2D eigenvalue weighted by Gasteiger charge is -2.49. The number of aliphatic hydroxyl groups is 1. The van der Waals surface area contributed by atoms with Gasteiger partial charge in [0, 0.05) is 29.3 Å². The highest BCUT2D eigenvalue weighted by Crippen LogP contribution is 2.57. The summed E-state index contributed by atoms with van der Waals surface area (Å²) in [5.41, 5.74) is -2.90. The molecule has 4 rings (SSSR count). The van der Waals surface area contributed by atoms with E-state index >= 15 is 0 Å². The molecule has 0 amide bonds. The van der Waals surface area contributed by atoms with Gasteiger partial charge in [-0.3, -0.25) is 0 Å². The molecule has 0 fully saturated rings. The van der Waals surface area contributed by atoms with Crippen molar-refractivity contribution in [3.05, 3.63) is 58.8 Å². The zero-order valence-electron chi connectivity index (χ0n) is 19.6. The van der Waals surface area contributed by atoms with E-state index in [1.807, 2.05) is 6.92 Å². The Balaban J connectivity index is 1.98. The normalized spacial score (nSPS) is 21.9. The van der Waals surface area contributed by atoms with E-state index in [2.05, 4.69) is 15.3 Å². The van der Waals surface area contributed by atoms with E-state index < -0.39 is 35.5 Å². The average molecular weight is 478 g/mol. The highest BCUT2D eigenvalue weighted by Gasteiger charge is 2.64. The van der Waals surface area contributed by atoms with E-state index in [-0.39, 0.29) is 16.9 Å². The second-order valence-electron chi connectivity index (χ2n) is 9.44. The van der Waals surface area contributed by atoms with E-state index in [0.717, 1.165) is 0 Å². The van der Waals surface area contributed by atoms with Gasteiger partial charge in [-0.15, -0.1) is 0 Å². The summed E-state index contributed by atoms with van der Waals surface area (Å²) >= 11 is 0. The van der Waals surface area contributed by atoms with Crippen LogP contribution in [0.4, 0.5) is 23.2 Å². The number of nitrogens with zero attached hydrogens (tertiary/aromatic N) is 2. The number of aromatic nitrogens is 2. The summed E-state index contributed by atoms with van der Waals surface area (Å²) in [4.78, 5) is 8.73. The van der Waals surface area contributed by atoms with Crippen molar-refractivity contribution >= 4 is 16.6 Å². The third-order valence-electron chi connectivity index (χ3n) is 6.60. The fraction of sp³-hybridized carbons (Fsp3) is 0.440. The van der Waals surface area contributed by atoms with Crippen LogP contribution in [-0.4, -0.2) is 34.0 Å². The van der Waals surface area contributed by atoms with Crippen LogP contribution in [0.3, 0.4) is 0 Å². The molecule has 2 unspecified atom stereocenters. The van der Waals surface area contributed by atoms with Crippen LogP contribution in [0.5, 0.6) is 5.75 Å². The summed E-state index contributed by atoms with van der Waals surface area (Å²) in [5.74, 6) is -0.127. The second kappa shape index (κ2) is 8.08. The first-order valence-corrected chi connectivity index (χ1v) is 11.0. The molecular formula is C25H27F4N3O2. The van der Waals surface area contributed by atoms with Gasteiger partial charge in [-0.2, -0.15) is 13.2 Å². The number of alkyl halides is 3. The number of aryl methyl sites for hydroxylation is 2. The number of fused-ring (bicyclic) bond motifs is 2. The van der Waals surface area contributed by atoms with Gasteiger partial charge >= 0.3 is 6.18 Å². The van der Waals surface area contributed by atoms with Crippen LogP contribution in [0.1, 0.15) is 55.7 Å². The van der Waals surface area contributed by atoms with Crippen molar-refractivity contribution in [1.82, 2.24) is 9.97 Å². The van der Waals surface area contributed by atoms with E-state index in [1.54, 1.807) is 38.2 Å². The van der Waals surface area contributed by atoms with E-state index in [4.69, 9.17) is 4.74 Å². The van der Waals surface area contributed by atoms with Crippen molar-refractivity contribution in [2.75, 3.05) is 12.4 Å². The van der Waals surface area contributed by atoms with Crippen molar-refractivity contribution in [3.63, 3.8) is 0 Å². The van der Waals surface area contributed by atoms with Crippen molar-refractivity contribution in [2.45, 2.75) is 63.8 Å². The first-order valence-electron chi connectivity index (χ1n) is 11.0. The maximum atomic E-state index is 14.9. The zero-order chi connectivity index (χ0) is 25.1. The molecule has 2 atom stereocenters. The van der Waals surface area contributed by atoms with E-state index in [1.165, 1.54) is 20.1 Å². The Labute approximate surface area is 195 Å². The van der Waals surface area contributed by atoms with Crippen molar-refractivity contribution in [2.24, 2.45) is 0 Å². The van der Waals surface area contributed by atoms with Crippen LogP contribution in [-0.2, 0) is 11.8 Å². The quantitative estimate of drug-likeness (QED) is 0.467. The maximum Gasteiger partial charge on any atom is 0.419 e. The molecule has 0 bridgehead atoms. The van der Waals surface area contributed by atoms with Crippen LogP contribution in [0, 0.1) is 12.7 Å². The summed E-state index contributed by atoms with van der Waals surface area (Å²) in [6.07, 6.45) is -3.49. The zero-order valence-corrected chi connectivity index (χ0v) is 19.6. The van der Waals surface area contributed by atoms with Crippen LogP contribution >= 0.6 is 0 Å². The lowest BCUT2D eigenvalue weighted by atomic mass is 9.63. The van der Waals surface area contributed by atoms with Gasteiger partial charge in [0.15, 0.2) is 17.2 Å². The van der Waals surface area contributed by atoms with Crippen molar-refractivity contribution in [3.8, 4) is 5.75 Å². The molecule has 1 aromatic heterocycles. The Hall–Kier alpha value is -2.94. The van der Waals surface area contributed by atoms with Gasteiger partial charge in [-0.1, -0.05) is 32.9 Å². The summed E-state index contributed by atoms with van der Waals surface area (Å²) in [6, 6.07) is 4.77.